The largest absolute Gasteiger partial charge is 0.397 e. The molecule has 0 saturated carbocycles. The van der Waals surface area contributed by atoms with Crippen LogP contribution < -0.4 is 11.1 Å². The number of aromatic nitrogens is 1. The highest BCUT2D eigenvalue weighted by Gasteiger charge is 2.14. The Morgan fingerprint density at radius 2 is 2.24 bits per heavy atom. The normalized spacial score (nSPS) is 14.1. The van der Waals surface area contributed by atoms with Gasteiger partial charge in [-0.15, -0.1) is 0 Å². The number of pyridine rings is 1. The van der Waals surface area contributed by atoms with E-state index in [2.05, 4.69) is 10.3 Å². The van der Waals surface area contributed by atoms with E-state index >= 15 is 0 Å². The van der Waals surface area contributed by atoms with E-state index in [9.17, 15) is 9.90 Å². The molecule has 0 aliphatic rings. The molecule has 0 aliphatic heterocycles. The summed E-state index contributed by atoms with van der Waals surface area (Å²) < 4.78 is 0. The van der Waals surface area contributed by atoms with Gasteiger partial charge < -0.3 is 16.2 Å². The topological polar surface area (TPSA) is 88.2 Å². The quantitative estimate of drug-likeness (QED) is 0.724. The Kier molecular flexibility index (Phi) is 4.45. The molecule has 94 valence electrons. The van der Waals surface area contributed by atoms with Crippen molar-refractivity contribution in [2.24, 2.45) is 0 Å². The second-order valence-electron chi connectivity index (χ2n) is 4.36. The van der Waals surface area contributed by atoms with Gasteiger partial charge in [-0.3, -0.25) is 9.78 Å². The number of aryl methyl sites for hydroxylation is 1. The van der Waals surface area contributed by atoms with Gasteiger partial charge in [0.2, 0.25) is 0 Å². The van der Waals surface area contributed by atoms with Crippen molar-refractivity contribution in [2.45, 2.75) is 39.3 Å². The van der Waals surface area contributed by atoms with Crippen LogP contribution in [0.4, 0.5) is 5.69 Å². The zero-order chi connectivity index (χ0) is 13.0. The molecular weight excluding hydrogens is 218 g/mol. The molecule has 1 aromatic rings. The van der Waals surface area contributed by atoms with Crippen molar-refractivity contribution in [3.8, 4) is 0 Å². The number of anilines is 1. The maximum absolute atomic E-state index is 11.9. The molecule has 17 heavy (non-hydrogen) atoms. The third kappa shape index (κ3) is 4.03. The van der Waals surface area contributed by atoms with Gasteiger partial charge in [-0.2, -0.15) is 0 Å². The minimum atomic E-state index is -0.439. The van der Waals surface area contributed by atoms with Crippen molar-refractivity contribution >= 4 is 11.6 Å². The predicted octanol–water partition coefficient (Wildman–Crippen LogP) is 0.861. The molecule has 5 heteroatoms. The third-order valence-electron chi connectivity index (χ3n) is 2.42. The third-order valence-corrected chi connectivity index (χ3v) is 2.42. The standard InChI is InChI=1S/C12H19N3O2/c1-7(4-8(2)16)15-12(17)11-5-10(13)6-14-9(11)3/h5-8,16H,4,13H2,1-3H3,(H,15,17). The van der Waals surface area contributed by atoms with Crippen molar-refractivity contribution in [3.05, 3.63) is 23.5 Å². The fourth-order valence-corrected chi connectivity index (χ4v) is 1.65. The predicted molar refractivity (Wildman–Crippen MR) is 66.6 cm³/mol. The summed E-state index contributed by atoms with van der Waals surface area (Å²) in [6.45, 7) is 5.29. The SMILES string of the molecule is Cc1ncc(N)cc1C(=O)NC(C)CC(C)O. The Bertz CT molecular complexity index is 405. The first-order chi connectivity index (χ1) is 7.90. The summed E-state index contributed by atoms with van der Waals surface area (Å²) in [5.41, 5.74) is 7.17. The first-order valence-corrected chi connectivity index (χ1v) is 5.61. The monoisotopic (exact) mass is 237 g/mol. The van der Waals surface area contributed by atoms with E-state index in [1.165, 1.54) is 6.20 Å². The number of amides is 1. The number of nitrogens with one attached hydrogen (secondary N) is 1. The number of aliphatic hydroxyl groups excluding tert-OH is 1. The molecule has 0 spiro atoms. The van der Waals surface area contributed by atoms with Gasteiger partial charge in [0.25, 0.3) is 5.91 Å². The van der Waals surface area contributed by atoms with E-state index in [1.807, 2.05) is 6.92 Å². The first kappa shape index (κ1) is 13.4. The summed E-state index contributed by atoms with van der Waals surface area (Å²) in [6.07, 6.45) is 1.59. The number of hydrogen-bond acceptors (Lipinski definition) is 4. The van der Waals surface area contributed by atoms with Crippen LogP contribution in [0.5, 0.6) is 0 Å². The second-order valence-corrected chi connectivity index (χ2v) is 4.36. The van der Waals surface area contributed by atoms with Gasteiger partial charge in [-0.25, -0.2) is 0 Å². The Morgan fingerprint density at radius 1 is 1.59 bits per heavy atom. The molecule has 0 radical (unpaired) electrons. The minimum Gasteiger partial charge on any atom is -0.397 e. The first-order valence-electron chi connectivity index (χ1n) is 5.61. The lowest BCUT2D eigenvalue weighted by atomic mass is 10.1. The summed E-state index contributed by atoms with van der Waals surface area (Å²) in [6, 6.07) is 1.51. The molecule has 0 saturated heterocycles. The number of nitrogens with zero attached hydrogens (tertiary/aromatic N) is 1. The van der Waals surface area contributed by atoms with Crippen LogP contribution in [0.15, 0.2) is 12.3 Å². The number of hydrogen-bond donors (Lipinski definition) is 3. The zero-order valence-corrected chi connectivity index (χ0v) is 10.4. The van der Waals surface area contributed by atoms with E-state index in [4.69, 9.17) is 5.73 Å². The van der Waals surface area contributed by atoms with Gasteiger partial charge in [0, 0.05) is 6.04 Å². The van der Waals surface area contributed by atoms with Crippen LogP contribution >= 0.6 is 0 Å². The number of carbonyl (C=O) groups is 1. The Hall–Kier alpha value is -1.62. The molecular formula is C12H19N3O2. The molecule has 0 bridgehead atoms. The van der Waals surface area contributed by atoms with Gasteiger partial charge in [-0.1, -0.05) is 0 Å². The van der Waals surface area contributed by atoms with Crippen molar-refractivity contribution in [2.75, 3.05) is 5.73 Å². The molecule has 1 aromatic heterocycles. The van der Waals surface area contributed by atoms with E-state index in [0.29, 0.717) is 23.4 Å². The van der Waals surface area contributed by atoms with Gasteiger partial charge in [-0.05, 0) is 33.3 Å². The summed E-state index contributed by atoms with van der Waals surface area (Å²) in [5, 5.41) is 12.0. The van der Waals surface area contributed by atoms with Gasteiger partial charge >= 0.3 is 0 Å². The number of nitrogens with two attached hydrogens (primary N) is 1. The van der Waals surface area contributed by atoms with Crippen LogP contribution in [0, 0.1) is 6.92 Å². The molecule has 0 aromatic carbocycles. The molecule has 4 N–H and O–H groups in total. The van der Waals surface area contributed by atoms with Crippen LogP contribution in [0.2, 0.25) is 0 Å². The molecule has 2 atom stereocenters. The fourth-order valence-electron chi connectivity index (χ4n) is 1.65. The van der Waals surface area contributed by atoms with Gasteiger partial charge in [0.1, 0.15) is 0 Å². The Labute approximate surface area is 101 Å². The number of aliphatic hydroxyl groups is 1. The Balaban J connectivity index is 2.73. The molecule has 1 rings (SSSR count). The average molecular weight is 237 g/mol. The lowest BCUT2D eigenvalue weighted by molar-refractivity contribution is 0.0922. The lowest BCUT2D eigenvalue weighted by Gasteiger charge is -2.16. The van der Waals surface area contributed by atoms with Gasteiger partial charge in [0.15, 0.2) is 0 Å². The number of rotatable bonds is 4. The van der Waals surface area contributed by atoms with Crippen molar-refractivity contribution in [1.29, 1.82) is 0 Å². The van der Waals surface area contributed by atoms with Crippen molar-refractivity contribution in [1.82, 2.24) is 10.3 Å². The van der Waals surface area contributed by atoms with E-state index in [1.54, 1.807) is 19.9 Å². The van der Waals surface area contributed by atoms with Crippen LogP contribution in [-0.2, 0) is 0 Å². The second kappa shape index (κ2) is 5.63. The van der Waals surface area contributed by atoms with Crippen LogP contribution in [0.1, 0.15) is 36.3 Å². The summed E-state index contributed by atoms with van der Waals surface area (Å²) >= 11 is 0. The lowest BCUT2D eigenvalue weighted by Crippen LogP contribution is -2.35. The number of nitrogen functional groups attached to an aromatic ring is 1. The molecule has 0 aliphatic carbocycles. The van der Waals surface area contributed by atoms with E-state index in [-0.39, 0.29) is 11.9 Å². The van der Waals surface area contributed by atoms with Crippen LogP contribution in [0.3, 0.4) is 0 Å². The summed E-state index contributed by atoms with van der Waals surface area (Å²) in [7, 11) is 0. The maximum atomic E-state index is 11.9. The fraction of sp³-hybridized carbons (Fsp3) is 0.500. The molecule has 0 fully saturated rings. The van der Waals surface area contributed by atoms with Crippen molar-refractivity contribution in [3.63, 3.8) is 0 Å². The smallest absolute Gasteiger partial charge is 0.253 e. The Morgan fingerprint density at radius 3 is 2.82 bits per heavy atom. The van der Waals surface area contributed by atoms with Crippen molar-refractivity contribution < 1.29 is 9.90 Å². The highest BCUT2D eigenvalue weighted by Crippen LogP contribution is 2.10. The average Bonchev–Trinajstić information content (AvgIpc) is 2.20. The summed E-state index contributed by atoms with van der Waals surface area (Å²) in [4.78, 5) is 16.0. The minimum absolute atomic E-state index is 0.0941. The van der Waals surface area contributed by atoms with E-state index in [0.717, 1.165) is 0 Å². The maximum Gasteiger partial charge on any atom is 0.253 e. The van der Waals surface area contributed by atoms with Crippen LogP contribution in [-0.4, -0.2) is 28.1 Å². The number of carbonyl (C=O) groups excluding carboxylic acids is 1. The van der Waals surface area contributed by atoms with E-state index < -0.39 is 6.10 Å². The molecule has 1 amide bonds. The molecule has 1 heterocycles. The van der Waals surface area contributed by atoms with Gasteiger partial charge in [0.05, 0.1) is 29.2 Å². The highest BCUT2D eigenvalue weighted by molar-refractivity contribution is 5.96. The van der Waals surface area contributed by atoms with Crippen LogP contribution in [0.25, 0.3) is 0 Å². The molecule has 5 nitrogen and oxygen atoms in total. The zero-order valence-electron chi connectivity index (χ0n) is 10.4. The molecule has 2 unspecified atom stereocenters. The summed E-state index contributed by atoms with van der Waals surface area (Å²) in [5.74, 6) is -0.213. The highest BCUT2D eigenvalue weighted by atomic mass is 16.3.